The van der Waals surface area contributed by atoms with Crippen molar-refractivity contribution in [2.75, 3.05) is 0 Å². The maximum Gasteiger partial charge on any atom is 4.00 e. The molecule has 0 bridgehead atoms. The zero-order chi connectivity index (χ0) is 4.71. The monoisotopic (exact) mass is 1620 g/mol. The van der Waals surface area contributed by atoms with Crippen LogP contribution >= 0.6 is 28.3 Å². The zero-order valence-corrected chi connectivity index (χ0v) is 32.1. The van der Waals surface area contributed by atoms with Crippen molar-refractivity contribution in [3.8, 4) is 0 Å². The zero-order valence-electron chi connectivity index (χ0n) is 16.2. The third kappa shape index (κ3) is 1720. The molecule has 0 aromatic heterocycles. The van der Waals surface area contributed by atoms with Crippen molar-refractivity contribution < 1.29 is 152 Å². The molecule has 0 aromatic rings. The predicted molar refractivity (Wildman–Crippen MR) is 126 cm³/mol. The first-order chi connectivity index (χ1) is 2.41. The normalized spacial score (nSPS) is 0.967. The van der Waals surface area contributed by atoms with E-state index in [4.69, 9.17) is 18.8 Å². The Labute approximate surface area is 273 Å². The van der Waals surface area contributed by atoms with E-state index >= 15 is 0 Å². The van der Waals surface area contributed by atoms with Gasteiger partial charge < -0.3 is 129 Å². The molecule has 27 heteroatoms. The minimum atomic E-state index is -0.472. The average Bonchev–Trinajstić information content (AvgIpc) is 1.46. The summed E-state index contributed by atoms with van der Waals surface area (Å²) in [7, 11) is 14.4. The molecule has 0 saturated carbocycles. The number of hydrogen-bond donors (Lipinski definition) is 0. The van der Waals surface area contributed by atoms with Crippen molar-refractivity contribution in [1.29, 1.82) is 0 Å². The van der Waals surface area contributed by atoms with Crippen LogP contribution in [0.15, 0.2) is 0 Å². The van der Waals surface area contributed by atoms with E-state index in [9.17, 15) is 0 Å². The summed E-state index contributed by atoms with van der Waals surface area (Å²) in [4.78, 5) is 0. The van der Waals surface area contributed by atoms with Crippen LogP contribution in [0.5, 0.6) is 0 Å². The van der Waals surface area contributed by atoms with Crippen molar-refractivity contribution >= 4 is 28.3 Å². The van der Waals surface area contributed by atoms with Gasteiger partial charge in [-0.2, -0.15) is 0 Å². The summed E-state index contributed by atoms with van der Waals surface area (Å²) in [5.41, 5.74) is 0. The third-order valence-corrected chi connectivity index (χ3v) is 0. The van der Waals surface area contributed by atoms with Crippen LogP contribution in [0.2, 0.25) is 0 Å². The molecule has 0 spiro atoms. The third-order valence-electron chi connectivity index (χ3n) is 0. The molecule has 0 amide bonds. The first-order valence-corrected chi connectivity index (χ1v) is 8.81. The molecular formula is C3H48Cl3N12O6Pt6. The van der Waals surface area contributed by atoms with Crippen molar-refractivity contribution in [2.24, 2.45) is 0 Å². The molecule has 0 atom stereocenters. The Kier molecular flexibility index (Phi) is 29700. The van der Waals surface area contributed by atoms with Gasteiger partial charge in [0.25, 0.3) is 0 Å². The van der Waals surface area contributed by atoms with Crippen molar-refractivity contribution in [3.63, 3.8) is 0 Å². The van der Waals surface area contributed by atoms with Gasteiger partial charge in [0.1, 0.15) is 0 Å². The van der Waals surface area contributed by atoms with Crippen molar-refractivity contribution in [2.45, 2.75) is 0 Å². The maximum atomic E-state index is 4.88. The van der Waals surface area contributed by atoms with Gasteiger partial charge in [0.15, 0.2) is 0 Å². The van der Waals surface area contributed by atoms with Crippen LogP contribution in [0.25, 0.3) is 73.8 Å². The predicted octanol–water partition coefficient (Wildman–Crippen LogP) is 6.77. The molecule has 0 aromatic carbocycles. The van der Waals surface area contributed by atoms with Crippen LogP contribution in [0.4, 0.5) is 0 Å². The van der Waals surface area contributed by atoms with E-state index < -0.39 is 16.5 Å². The summed E-state index contributed by atoms with van der Waals surface area (Å²) in [5.74, 6) is 0. The summed E-state index contributed by atoms with van der Waals surface area (Å²) in [5, 5.41) is 0. The van der Waals surface area contributed by atoms with Gasteiger partial charge in [0.2, 0.25) is 0 Å². The Morgan fingerprint density at radius 2 is 0.400 bits per heavy atom. The quantitative estimate of drug-likeness (QED) is 0.179. The Morgan fingerprint density at radius 3 is 0.400 bits per heavy atom. The Hall–Kier alpha value is 4.28. The largest absolute Gasteiger partial charge is 4.00 e. The number of hydrogen-bond acceptors (Lipinski definition) is 0. The second kappa shape index (κ2) is 1240. The van der Waals surface area contributed by atoms with Gasteiger partial charge in [-0.05, 0) is 0 Å². The van der Waals surface area contributed by atoms with Crippen LogP contribution < -0.4 is 0 Å². The Morgan fingerprint density at radius 1 is 0.400 bits per heavy atom. The topological polar surface area (TPSA) is 596 Å². The van der Waals surface area contributed by atoms with E-state index in [1.165, 1.54) is 0 Å². The van der Waals surface area contributed by atoms with Crippen molar-refractivity contribution in [1.82, 2.24) is 0 Å². The molecule has 0 fully saturated rings. The molecule has 30 heavy (non-hydrogen) atoms. The first kappa shape index (κ1) is 716. The molecule has 0 unspecified atom stereocenters. The van der Waals surface area contributed by atoms with Gasteiger partial charge >= 0.3 is 148 Å². The SMILES string of the molecule is O.O.O.[CH3-].[CH3-].[CH3-].[Cl][Pt+2][Cl].[Cl][Pt].[NH2-].[NH2-].[NH2-].[NH2-].[NH2-].[NH2-].[NH2-].[NH2-].[NH2-].[NH2-].[NH2-].[NH2-].[OH3+].[OH3+].[OH3+].[Pt+2].[Pt+2].[Pt+2].[Pt+4]. The standard InChI is InChI=1S/3CH3.3ClH.12H2N.6H2O.6Pt/h3*1H3;3*1H;18*1H2;;;;;;/q3*-1;;;;12*-1;;;;;;;+1;3*+2;2*+4. The van der Waals surface area contributed by atoms with E-state index in [-0.39, 0.29) is 213 Å². The molecule has 0 aliphatic carbocycles. The van der Waals surface area contributed by atoms with Gasteiger partial charge in [-0.1, -0.05) is 0 Å². The molecule has 0 aliphatic rings. The fourth-order valence-corrected chi connectivity index (χ4v) is 0. The minimum absolute atomic E-state index is 0. The molecule has 0 rings (SSSR count). The summed E-state index contributed by atoms with van der Waals surface area (Å²) in [6.45, 7) is 0. The molecule has 0 saturated heterocycles. The van der Waals surface area contributed by atoms with Crippen LogP contribution in [0, 0.1) is 22.3 Å². The molecule has 237 valence electrons. The van der Waals surface area contributed by atoms with E-state index in [1.807, 2.05) is 0 Å². The van der Waals surface area contributed by atoms with Crippen LogP contribution in [0.1, 0.15) is 0 Å². The van der Waals surface area contributed by atoms with E-state index in [1.54, 1.807) is 18.8 Å². The minimum Gasteiger partial charge on any atom is -0.693 e. The fraction of sp³-hybridized carbons (Fsp3) is 0. The molecule has 0 heterocycles. The second-order valence-electron chi connectivity index (χ2n) is 0.0452. The van der Waals surface area contributed by atoms with Crippen LogP contribution in [-0.2, 0) is 136 Å². The molecule has 18 nitrogen and oxygen atoms in total. The van der Waals surface area contributed by atoms with Crippen LogP contribution in [-0.4, -0.2) is 16.4 Å². The van der Waals surface area contributed by atoms with Gasteiger partial charge in [-0.15, -0.1) is 0 Å². The number of rotatable bonds is 0. The fourth-order valence-electron chi connectivity index (χ4n) is 0. The van der Waals surface area contributed by atoms with Gasteiger partial charge in [0.05, 0.1) is 0 Å². The summed E-state index contributed by atoms with van der Waals surface area (Å²) < 4.78 is 0. The van der Waals surface area contributed by atoms with E-state index in [2.05, 4.69) is 9.42 Å². The van der Waals surface area contributed by atoms with Crippen LogP contribution in [0.3, 0.4) is 0 Å². The summed E-state index contributed by atoms with van der Waals surface area (Å²) >= 11 is 1.14. The van der Waals surface area contributed by atoms with Crippen molar-refractivity contribution in [3.05, 3.63) is 96.1 Å². The Bertz CT molecular complexity index is 63.7. The maximum absolute atomic E-state index is 4.88. The molecule has 0 radical (unpaired) electrons. The molecule has 0 aliphatic heterocycles. The molecule has 39 N–H and O–H groups in total. The smallest absolute Gasteiger partial charge is 0.693 e. The molecular weight excluding hydrogens is 1580 g/mol. The second-order valence-corrected chi connectivity index (χ2v) is 3.33. The van der Waals surface area contributed by atoms with Gasteiger partial charge in [-0.25, -0.2) is 0 Å². The Balaban J connectivity index is -0.000000000132. The van der Waals surface area contributed by atoms with Gasteiger partial charge in [-0.3, -0.25) is 0 Å². The average molecular weight is 1630 g/mol. The van der Waals surface area contributed by atoms with Gasteiger partial charge in [0, 0.05) is 0 Å². The number of nitrogens with two attached hydrogens (primary N) is 12. The number of halogens is 3. The van der Waals surface area contributed by atoms with E-state index in [0.29, 0.717) is 0 Å². The van der Waals surface area contributed by atoms with E-state index in [0.717, 1.165) is 0 Å². The summed E-state index contributed by atoms with van der Waals surface area (Å²) in [6, 6.07) is 0. The first-order valence-electron chi connectivity index (χ1n) is 0.359. The summed E-state index contributed by atoms with van der Waals surface area (Å²) in [6.07, 6.45) is 0.